The summed E-state index contributed by atoms with van der Waals surface area (Å²) in [6, 6.07) is 9.68. The first-order valence-corrected chi connectivity index (χ1v) is 8.42. The Hall–Kier alpha value is -0.960. The minimum atomic E-state index is 0.0676. The van der Waals surface area contributed by atoms with Crippen LogP contribution >= 0.6 is 12.6 Å². The number of unbranched alkanes of at least 4 members (excludes halogenated alkanes) is 4. The van der Waals surface area contributed by atoms with Crippen LogP contribution in [0.1, 0.15) is 58.8 Å². The van der Waals surface area contributed by atoms with Crippen molar-refractivity contribution in [3.05, 3.63) is 30.3 Å². The van der Waals surface area contributed by atoms with E-state index in [0.717, 1.165) is 18.6 Å². The van der Waals surface area contributed by atoms with Gasteiger partial charge in [-0.3, -0.25) is 4.79 Å². The first-order chi connectivity index (χ1) is 10.2. The van der Waals surface area contributed by atoms with Crippen molar-refractivity contribution in [3.63, 3.8) is 0 Å². The fraction of sp³-hybridized carbons (Fsp3) is 0.611. The molecule has 1 aromatic rings. The van der Waals surface area contributed by atoms with Crippen LogP contribution in [-0.2, 0) is 4.79 Å². The van der Waals surface area contributed by atoms with E-state index >= 15 is 0 Å². The Labute approximate surface area is 135 Å². The van der Waals surface area contributed by atoms with E-state index in [1.54, 1.807) is 7.11 Å². The van der Waals surface area contributed by atoms with Gasteiger partial charge >= 0.3 is 0 Å². The zero-order chi connectivity index (χ0) is 15.9. The van der Waals surface area contributed by atoms with E-state index in [9.17, 15) is 4.79 Å². The third-order valence-electron chi connectivity index (χ3n) is 3.48. The molecule has 0 radical (unpaired) electrons. The van der Waals surface area contributed by atoms with Crippen molar-refractivity contribution in [1.29, 1.82) is 0 Å². The number of thiol groups is 1. The molecule has 1 unspecified atom stereocenters. The van der Waals surface area contributed by atoms with Gasteiger partial charge in [-0.15, -0.1) is 12.6 Å². The summed E-state index contributed by atoms with van der Waals surface area (Å²) in [5.41, 5.74) is 0. The molecular weight excluding hydrogens is 280 g/mol. The minimum Gasteiger partial charge on any atom is -0.497 e. The van der Waals surface area contributed by atoms with Crippen molar-refractivity contribution in [3.8, 4) is 5.75 Å². The number of carbonyl (C=O) groups is 1. The average molecular weight is 311 g/mol. The van der Waals surface area contributed by atoms with Gasteiger partial charge in [-0.1, -0.05) is 64.2 Å². The third kappa shape index (κ3) is 11.4. The summed E-state index contributed by atoms with van der Waals surface area (Å²) in [6.07, 6.45) is 8.34. The predicted molar refractivity (Wildman–Crippen MR) is 94.1 cm³/mol. The van der Waals surface area contributed by atoms with E-state index in [1.807, 2.05) is 30.3 Å². The molecule has 1 rings (SSSR count). The average Bonchev–Trinajstić information content (AvgIpc) is 2.52. The standard InChI is InChI=1S/C11H22OS.C7H8O/c1-3-5-6-7-8-9-10(4-2)11(12)13;1-8-7-5-3-2-4-6-7/h10H,3-9H2,1-2H3,(H,12,13);2-6H,1H3. The van der Waals surface area contributed by atoms with Crippen LogP contribution in [0.2, 0.25) is 0 Å². The fourth-order valence-electron chi connectivity index (χ4n) is 2.05. The normalized spacial score (nSPS) is 11.2. The molecule has 0 spiro atoms. The summed E-state index contributed by atoms with van der Waals surface area (Å²) in [7, 11) is 1.66. The lowest BCUT2D eigenvalue weighted by molar-refractivity contribution is -0.114. The van der Waals surface area contributed by atoms with Crippen LogP contribution in [0.5, 0.6) is 5.75 Å². The molecule has 0 aliphatic heterocycles. The van der Waals surface area contributed by atoms with Crippen LogP contribution < -0.4 is 4.74 Å². The molecule has 0 heterocycles. The zero-order valence-electron chi connectivity index (χ0n) is 13.7. The highest BCUT2D eigenvalue weighted by Gasteiger charge is 2.11. The lowest BCUT2D eigenvalue weighted by Crippen LogP contribution is -2.07. The first-order valence-electron chi connectivity index (χ1n) is 7.97. The van der Waals surface area contributed by atoms with Crippen LogP contribution in [-0.4, -0.2) is 12.2 Å². The van der Waals surface area contributed by atoms with Gasteiger partial charge in [-0.2, -0.15) is 0 Å². The van der Waals surface area contributed by atoms with Crippen molar-refractivity contribution in [2.75, 3.05) is 7.11 Å². The first kappa shape index (κ1) is 20.0. The predicted octanol–water partition coefficient (Wildman–Crippen LogP) is 5.52. The molecule has 120 valence electrons. The Kier molecular flexibility index (Phi) is 13.4. The molecule has 21 heavy (non-hydrogen) atoms. The molecule has 0 saturated heterocycles. The molecule has 0 fully saturated rings. The fourth-order valence-corrected chi connectivity index (χ4v) is 2.36. The maximum absolute atomic E-state index is 11.0. The largest absolute Gasteiger partial charge is 0.497 e. The van der Waals surface area contributed by atoms with Crippen molar-refractivity contribution in [2.24, 2.45) is 5.92 Å². The van der Waals surface area contributed by atoms with Gasteiger partial charge in [-0.25, -0.2) is 0 Å². The van der Waals surface area contributed by atoms with Gasteiger partial charge in [0.15, 0.2) is 5.12 Å². The monoisotopic (exact) mass is 310 g/mol. The van der Waals surface area contributed by atoms with E-state index in [4.69, 9.17) is 4.74 Å². The van der Waals surface area contributed by atoms with E-state index in [1.165, 1.54) is 32.1 Å². The second-order valence-corrected chi connectivity index (χ2v) is 5.60. The Morgan fingerprint density at radius 1 is 1.10 bits per heavy atom. The van der Waals surface area contributed by atoms with Gasteiger partial charge < -0.3 is 4.74 Å². The topological polar surface area (TPSA) is 26.3 Å². The molecule has 0 amide bonds. The van der Waals surface area contributed by atoms with E-state index in [-0.39, 0.29) is 11.0 Å². The number of hydrogen-bond acceptors (Lipinski definition) is 2. The van der Waals surface area contributed by atoms with Crippen molar-refractivity contribution in [1.82, 2.24) is 0 Å². The quantitative estimate of drug-likeness (QED) is 0.480. The summed E-state index contributed by atoms with van der Waals surface area (Å²) < 4.78 is 4.91. The number of benzene rings is 1. The highest BCUT2D eigenvalue weighted by Crippen LogP contribution is 2.16. The number of ether oxygens (including phenoxy) is 1. The van der Waals surface area contributed by atoms with Crippen molar-refractivity contribution in [2.45, 2.75) is 58.8 Å². The van der Waals surface area contributed by atoms with Crippen LogP contribution in [0, 0.1) is 5.92 Å². The van der Waals surface area contributed by atoms with Crippen molar-refractivity contribution >= 4 is 17.7 Å². The Morgan fingerprint density at radius 3 is 2.14 bits per heavy atom. The number of methoxy groups -OCH3 is 1. The summed E-state index contributed by atoms with van der Waals surface area (Å²) >= 11 is 3.88. The molecule has 3 heteroatoms. The second-order valence-electron chi connectivity index (χ2n) is 5.16. The number of para-hydroxylation sites is 1. The molecule has 0 bridgehead atoms. The summed E-state index contributed by atoms with van der Waals surface area (Å²) in [4.78, 5) is 11.0. The second kappa shape index (κ2) is 14.0. The van der Waals surface area contributed by atoms with Gasteiger partial charge in [0.2, 0.25) is 0 Å². The number of hydrogen-bond donors (Lipinski definition) is 1. The van der Waals surface area contributed by atoms with Gasteiger partial charge in [0.25, 0.3) is 0 Å². The molecule has 0 N–H and O–H groups in total. The van der Waals surface area contributed by atoms with Crippen LogP contribution in [0.4, 0.5) is 0 Å². The highest BCUT2D eigenvalue weighted by molar-refractivity contribution is 7.96. The maximum Gasteiger partial charge on any atom is 0.188 e. The Morgan fingerprint density at radius 2 is 1.71 bits per heavy atom. The van der Waals surface area contributed by atoms with Gasteiger partial charge in [0.05, 0.1) is 7.11 Å². The van der Waals surface area contributed by atoms with Crippen LogP contribution in [0.25, 0.3) is 0 Å². The van der Waals surface area contributed by atoms with Crippen LogP contribution in [0.15, 0.2) is 30.3 Å². The van der Waals surface area contributed by atoms with E-state index in [0.29, 0.717) is 0 Å². The van der Waals surface area contributed by atoms with Gasteiger partial charge in [-0.05, 0) is 25.0 Å². The van der Waals surface area contributed by atoms with Gasteiger partial charge in [0.1, 0.15) is 5.75 Å². The van der Waals surface area contributed by atoms with E-state index in [2.05, 4.69) is 26.5 Å². The zero-order valence-corrected chi connectivity index (χ0v) is 14.6. The third-order valence-corrected chi connectivity index (χ3v) is 3.84. The van der Waals surface area contributed by atoms with E-state index < -0.39 is 0 Å². The molecular formula is C18H30O2S. The Bertz CT molecular complexity index is 351. The number of rotatable bonds is 9. The van der Waals surface area contributed by atoms with Crippen LogP contribution in [0.3, 0.4) is 0 Å². The summed E-state index contributed by atoms with van der Waals surface area (Å²) in [5.74, 6) is 1.11. The SMILES string of the molecule is CCCCCCCC(CC)C(=O)S.COc1ccccc1. The highest BCUT2D eigenvalue weighted by atomic mass is 32.1. The summed E-state index contributed by atoms with van der Waals surface area (Å²) in [5, 5.41) is 0.0676. The Balaban J connectivity index is 0.000000423. The lowest BCUT2D eigenvalue weighted by Gasteiger charge is -2.09. The van der Waals surface area contributed by atoms with Crippen molar-refractivity contribution < 1.29 is 9.53 Å². The van der Waals surface area contributed by atoms with Gasteiger partial charge in [0, 0.05) is 5.92 Å². The molecule has 1 atom stereocenters. The molecule has 0 saturated carbocycles. The maximum atomic E-state index is 11.0. The summed E-state index contributed by atoms with van der Waals surface area (Å²) in [6.45, 7) is 4.27. The molecule has 2 nitrogen and oxygen atoms in total. The smallest absolute Gasteiger partial charge is 0.188 e. The minimum absolute atomic E-state index is 0.0676. The number of carbonyl (C=O) groups excluding carboxylic acids is 1. The molecule has 1 aromatic carbocycles. The lowest BCUT2D eigenvalue weighted by atomic mass is 9.99. The molecule has 0 aromatic heterocycles. The molecule has 0 aliphatic rings. The molecule has 0 aliphatic carbocycles.